The maximum absolute atomic E-state index is 13.5. The largest absolute Gasteiger partial charge is 0.485 e. The molecule has 0 unspecified atom stereocenters. The summed E-state index contributed by atoms with van der Waals surface area (Å²) in [5.74, 6) is 1.23. The average molecular weight is 476 g/mol. The molecule has 6 nitrogen and oxygen atoms in total. The molecule has 1 amide bonds. The predicted octanol–water partition coefficient (Wildman–Crippen LogP) is 6.54. The molecule has 2 aromatic carbocycles. The molecule has 4 aromatic rings. The van der Waals surface area contributed by atoms with Gasteiger partial charge in [-0.15, -0.1) is 0 Å². The summed E-state index contributed by atoms with van der Waals surface area (Å²) in [5.41, 5.74) is 5.09. The molecule has 0 radical (unpaired) electrons. The van der Waals surface area contributed by atoms with Crippen LogP contribution < -0.4 is 10.1 Å². The van der Waals surface area contributed by atoms with Crippen LogP contribution in [0.4, 0.5) is 10.1 Å². The van der Waals surface area contributed by atoms with Crippen LogP contribution in [0.3, 0.4) is 0 Å². The number of hydrogen-bond acceptors (Lipinski definition) is 4. The van der Waals surface area contributed by atoms with E-state index in [1.807, 2.05) is 32.9 Å². The highest BCUT2D eigenvalue weighted by Gasteiger charge is 2.18. The van der Waals surface area contributed by atoms with Gasteiger partial charge in [-0.3, -0.25) is 9.48 Å². The summed E-state index contributed by atoms with van der Waals surface area (Å²) >= 11 is 0. The standard InChI is InChI=1S/C28H30FN3O3/c1-17(2)24-11-9-18(3)13-26(24)34-16-23-10-12-25(35-23)28(33)30-27-19(4)31-32(20(27)5)15-21-7-6-8-22(29)14-21/h6-14,17H,15-16H2,1-5H3,(H,30,33). The van der Waals surface area contributed by atoms with Crippen molar-refractivity contribution in [3.05, 3.63) is 100 Å². The number of aryl methyl sites for hydroxylation is 2. The number of rotatable bonds is 8. The van der Waals surface area contributed by atoms with Crippen LogP contribution in [-0.4, -0.2) is 15.7 Å². The number of carbonyl (C=O) groups is 1. The molecule has 2 aromatic heterocycles. The average Bonchev–Trinajstić information content (AvgIpc) is 3.38. The molecule has 2 heterocycles. The Balaban J connectivity index is 1.43. The SMILES string of the molecule is Cc1ccc(C(C)C)c(OCc2ccc(C(=O)Nc3c(C)nn(Cc4cccc(F)c4)c3C)o2)c1. The Hall–Kier alpha value is -3.87. The number of anilines is 1. The number of ether oxygens (including phenoxy) is 1. The number of halogens is 1. The first-order chi connectivity index (χ1) is 16.7. The van der Waals surface area contributed by atoms with Gasteiger partial charge in [-0.2, -0.15) is 5.10 Å². The Morgan fingerprint density at radius 1 is 1.11 bits per heavy atom. The predicted molar refractivity (Wildman–Crippen MR) is 133 cm³/mol. The summed E-state index contributed by atoms with van der Waals surface area (Å²) in [5, 5.41) is 7.41. The molecule has 35 heavy (non-hydrogen) atoms. The van der Waals surface area contributed by atoms with Crippen molar-refractivity contribution in [2.75, 3.05) is 5.32 Å². The van der Waals surface area contributed by atoms with Crippen LogP contribution in [0, 0.1) is 26.6 Å². The number of carbonyl (C=O) groups excluding carboxylic acids is 1. The lowest BCUT2D eigenvalue weighted by Crippen LogP contribution is -2.12. The van der Waals surface area contributed by atoms with Gasteiger partial charge in [0.15, 0.2) is 5.76 Å². The minimum Gasteiger partial charge on any atom is -0.485 e. The molecule has 0 spiro atoms. The number of amides is 1. The molecule has 0 saturated heterocycles. The van der Waals surface area contributed by atoms with Gasteiger partial charge in [-0.25, -0.2) is 4.39 Å². The molecule has 182 valence electrons. The van der Waals surface area contributed by atoms with Crippen LogP contribution in [0.1, 0.15) is 64.2 Å². The van der Waals surface area contributed by atoms with Crippen molar-refractivity contribution >= 4 is 11.6 Å². The zero-order chi connectivity index (χ0) is 25.1. The fourth-order valence-corrected chi connectivity index (χ4v) is 3.99. The van der Waals surface area contributed by atoms with E-state index < -0.39 is 0 Å². The Kier molecular flexibility index (Phi) is 7.05. The highest BCUT2D eigenvalue weighted by atomic mass is 19.1. The van der Waals surface area contributed by atoms with Crippen molar-refractivity contribution in [2.45, 2.75) is 53.7 Å². The van der Waals surface area contributed by atoms with Crippen LogP contribution in [0.15, 0.2) is 59.0 Å². The Labute approximate surface area is 204 Å². The second kappa shape index (κ2) is 10.2. The maximum Gasteiger partial charge on any atom is 0.291 e. The monoisotopic (exact) mass is 475 g/mol. The fourth-order valence-electron chi connectivity index (χ4n) is 3.99. The lowest BCUT2D eigenvalue weighted by molar-refractivity contribution is 0.0992. The van der Waals surface area contributed by atoms with E-state index in [1.54, 1.807) is 22.9 Å². The van der Waals surface area contributed by atoms with Crippen molar-refractivity contribution < 1.29 is 18.3 Å². The van der Waals surface area contributed by atoms with Crippen molar-refractivity contribution in [1.29, 1.82) is 0 Å². The lowest BCUT2D eigenvalue weighted by atomic mass is 10.0. The molecule has 7 heteroatoms. The van der Waals surface area contributed by atoms with Crippen molar-refractivity contribution in [3.8, 4) is 5.75 Å². The van der Waals surface area contributed by atoms with Gasteiger partial charge in [0, 0.05) is 0 Å². The third-order valence-corrected chi connectivity index (χ3v) is 5.89. The molecule has 0 aliphatic heterocycles. The first kappa shape index (κ1) is 24.3. The van der Waals surface area contributed by atoms with Crippen LogP contribution in [0.25, 0.3) is 0 Å². The molecular formula is C28H30FN3O3. The quantitative estimate of drug-likeness (QED) is 0.314. The topological polar surface area (TPSA) is 69.3 Å². The van der Waals surface area contributed by atoms with E-state index in [4.69, 9.17) is 9.15 Å². The summed E-state index contributed by atoms with van der Waals surface area (Å²) in [7, 11) is 0. The van der Waals surface area contributed by atoms with E-state index in [1.165, 1.54) is 12.1 Å². The number of nitrogens with zero attached hydrogens (tertiary/aromatic N) is 2. The summed E-state index contributed by atoms with van der Waals surface area (Å²) in [6.07, 6.45) is 0. The molecule has 0 atom stereocenters. The van der Waals surface area contributed by atoms with Gasteiger partial charge in [0.05, 0.1) is 23.6 Å². The van der Waals surface area contributed by atoms with Gasteiger partial charge in [0.2, 0.25) is 0 Å². The molecule has 0 bridgehead atoms. The smallest absolute Gasteiger partial charge is 0.291 e. The summed E-state index contributed by atoms with van der Waals surface area (Å²) in [4.78, 5) is 12.9. The van der Waals surface area contributed by atoms with Gasteiger partial charge in [-0.05, 0) is 73.7 Å². The lowest BCUT2D eigenvalue weighted by Gasteiger charge is -2.14. The highest BCUT2D eigenvalue weighted by molar-refractivity contribution is 6.02. The maximum atomic E-state index is 13.5. The number of hydrogen-bond donors (Lipinski definition) is 1. The minimum atomic E-state index is -0.369. The Bertz CT molecular complexity index is 1350. The zero-order valence-electron chi connectivity index (χ0n) is 20.7. The van der Waals surface area contributed by atoms with Crippen molar-refractivity contribution in [1.82, 2.24) is 9.78 Å². The second-order valence-electron chi connectivity index (χ2n) is 9.04. The van der Waals surface area contributed by atoms with E-state index >= 15 is 0 Å². The molecule has 0 aliphatic carbocycles. The first-order valence-electron chi connectivity index (χ1n) is 11.6. The van der Waals surface area contributed by atoms with E-state index in [0.717, 1.165) is 28.1 Å². The van der Waals surface area contributed by atoms with Gasteiger partial charge < -0.3 is 14.5 Å². The Morgan fingerprint density at radius 2 is 1.91 bits per heavy atom. The summed E-state index contributed by atoms with van der Waals surface area (Å²) < 4.78 is 27.1. The van der Waals surface area contributed by atoms with Gasteiger partial charge in [-0.1, -0.05) is 38.1 Å². The fraction of sp³-hybridized carbons (Fsp3) is 0.286. The Morgan fingerprint density at radius 3 is 2.66 bits per heavy atom. The molecule has 0 aliphatic rings. The zero-order valence-corrected chi connectivity index (χ0v) is 20.7. The number of nitrogens with one attached hydrogen (secondary N) is 1. The molecule has 4 rings (SSSR count). The van der Waals surface area contributed by atoms with Gasteiger partial charge in [0.1, 0.15) is 23.9 Å². The molecule has 0 saturated carbocycles. The molecular weight excluding hydrogens is 445 g/mol. The van der Waals surface area contributed by atoms with Crippen molar-refractivity contribution in [3.63, 3.8) is 0 Å². The first-order valence-corrected chi connectivity index (χ1v) is 11.6. The molecule has 1 N–H and O–H groups in total. The summed E-state index contributed by atoms with van der Waals surface area (Å²) in [6.45, 7) is 10.6. The minimum absolute atomic E-state index is 0.189. The van der Waals surface area contributed by atoms with E-state index in [0.29, 0.717) is 29.6 Å². The van der Waals surface area contributed by atoms with Gasteiger partial charge in [0.25, 0.3) is 5.91 Å². The molecule has 0 fully saturated rings. The van der Waals surface area contributed by atoms with Crippen molar-refractivity contribution in [2.24, 2.45) is 0 Å². The van der Waals surface area contributed by atoms with Crippen LogP contribution in [-0.2, 0) is 13.2 Å². The summed E-state index contributed by atoms with van der Waals surface area (Å²) in [6, 6.07) is 15.9. The van der Waals surface area contributed by atoms with Gasteiger partial charge >= 0.3 is 0 Å². The van der Waals surface area contributed by atoms with E-state index in [-0.39, 0.29) is 24.1 Å². The number of furan rings is 1. The van der Waals surface area contributed by atoms with E-state index in [2.05, 4.69) is 36.4 Å². The van der Waals surface area contributed by atoms with Crippen LogP contribution in [0.5, 0.6) is 5.75 Å². The third-order valence-electron chi connectivity index (χ3n) is 5.89. The highest BCUT2D eigenvalue weighted by Crippen LogP contribution is 2.28. The second-order valence-corrected chi connectivity index (χ2v) is 9.04. The number of benzene rings is 2. The van der Waals surface area contributed by atoms with Crippen LogP contribution >= 0.6 is 0 Å². The van der Waals surface area contributed by atoms with E-state index in [9.17, 15) is 9.18 Å². The number of aromatic nitrogens is 2. The third kappa shape index (κ3) is 5.62. The van der Waals surface area contributed by atoms with Crippen LogP contribution in [0.2, 0.25) is 0 Å². The normalized spacial score (nSPS) is 11.2.